The summed E-state index contributed by atoms with van der Waals surface area (Å²) in [6, 6.07) is -1.31. The molecule has 0 aliphatic heterocycles. The van der Waals surface area contributed by atoms with Crippen molar-refractivity contribution in [2.75, 3.05) is 13.1 Å². The van der Waals surface area contributed by atoms with E-state index >= 15 is 0 Å². The number of halogens is 2. The van der Waals surface area contributed by atoms with Crippen LogP contribution in [0.2, 0.25) is 0 Å². The number of amides is 1. The number of nitrogens with one attached hydrogen (secondary N) is 1. The molecule has 4 nitrogen and oxygen atoms in total. The van der Waals surface area contributed by atoms with Crippen molar-refractivity contribution in [3.63, 3.8) is 0 Å². The fraction of sp³-hybridized carbons (Fsp3) is 0.571. The molecular formula is C7H13F2N3O. The maximum atomic E-state index is 12.2. The van der Waals surface area contributed by atoms with Crippen molar-refractivity contribution in [3.8, 4) is 0 Å². The van der Waals surface area contributed by atoms with E-state index in [0.717, 1.165) is 6.08 Å². The molecule has 1 unspecified atom stereocenters. The highest BCUT2D eigenvalue weighted by Crippen LogP contribution is 2.01. The van der Waals surface area contributed by atoms with Gasteiger partial charge in [0.1, 0.15) is 6.04 Å². The van der Waals surface area contributed by atoms with E-state index in [1.54, 1.807) is 0 Å². The number of rotatable bonds is 5. The molecule has 0 spiro atoms. The van der Waals surface area contributed by atoms with Crippen LogP contribution in [0.25, 0.3) is 0 Å². The van der Waals surface area contributed by atoms with Crippen LogP contribution >= 0.6 is 0 Å². The van der Waals surface area contributed by atoms with Crippen LogP contribution in [0, 0.1) is 0 Å². The zero-order chi connectivity index (χ0) is 10.3. The van der Waals surface area contributed by atoms with Gasteiger partial charge in [-0.15, -0.1) is 0 Å². The predicted octanol–water partition coefficient (Wildman–Crippen LogP) is -0.790. The number of carbonyl (C=O) groups is 1. The van der Waals surface area contributed by atoms with Gasteiger partial charge in [-0.1, -0.05) is 12.2 Å². The van der Waals surface area contributed by atoms with Crippen LogP contribution in [-0.4, -0.2) is 31.5 Å². The molecule has 6 heteroatoms. The molecule has 0 saturated heterocycles. The van der Waals surface area contributed by atoms with Crippen LogP contribution in [-0.2, 0) is 4.79 Å². The van der Waals surface area contributed by atoms with Crippen molar-refractivity contribution in [2.45, 2.75) is 12.5 Å². The molecule has 0 aliphatic carbocycles. The predicted molar refractivity (Wildman–Crippen MR) is 45.2 cm³/mol. The Bertz CT molecular complexity index is 185. The zero-order valence-corrected chi connectivity index (χ0v) is 7.04. The topological polar surface area (TPSA) is 81.1 Å². The third kappa shape index (κ3) is 5.26. The normalized spacial score (nSPS) is 13.6. The van der Waals surface area contributed by atoms with Gasteiger partial charge in [0.15, 0.2) is 0 Å². The molecule has 13 heavy (non-hydrogen) atoms. The van der Waals surface area contributed by atoms with Gasteiger partial charge in [0, 0.05) is 6.54 Å². The third-order valence-corrected chi connectivity index (χ3v) is 1.26. The van der Waals surface area contributed by atoms with E-state index in [2.05, 4.69) is 0 Å². The number of alkyl halides is 2. The first-order valence-corrected chi connectivity index (χ1v) is 3.76. The minimum atomic E-state index is -2.65. The number of nitrogens with two attached hydrogens (primary N) is 2. The molecule has 0 aromatic rings. The molecule has 0 saturated carbocycles. The first-order chi connectivity index (χ1) is 6.11. The van der Waals surface area contributed by atoms with Gasteiger partial charge in [-0.3, -0.25) is 4.79 Å². The van der Waals surface area contributed by atoms with Crippen LogP contribution in [0.4, 0.5) is 8.78 Å². The second kappa shape index (κ2) is 6.50. The molecular weight excluding hydrogens is 180 g/mol. The van der Waals surface area contributed by atoms with Crippen molar-refractivity contribution < 1.29 is 13.6 Å². The molecule has 0 rings (SSSR count). The summed E-state index contributed by atoms with van der Waals surface area (Å²) in [4.78, 5) is 10.7. The summed E-state index contributed by atoms with van der Waals surface area (Å²) in [6.07, 6.45) is -0.149. The SMILES string of the molecule is NC/C=C/C(NC(=O)CN)C(F)F. The molecule has 5 N–H and O–H groups in total. The van der Waals surface area contributed by atoms with Crippen molar-refractivity contribution in [1.29, 1.82) is 0 Å². The summed E-state index contributed by atoms with van der Waals surface area (Å²) < 4.78 is 24.3. The maximum Gasteiger partial charge on any atom is 0.262 e. The van der Waals surface area contributed by atoms with Crippen molar-refractivity contribution in [3.05, 3.63) is 12.2 Å². The minimum Gasteiger partial charge on any atom is -0.343 e. The van der Waals surface area contributed by atoms with Gasteiger partial charge in [-0.2, -0.15) is 0 Å². The van der Waals surface area contributed by atoms with E-state index in [1.165, 1.54) is 6.08 Å². The highest BCUT2D eigenvalue weighted by atomic mass is 19.3. The molecule has 1 amide bonds. The lowest BCUT2D eigenvalue weighted by molar-refractivity contribution is -0.121. The van der Waals surface area contributed by atoms with Gasteiger partial charge in [-0.05, 0) is 0 Å². The summed E-state index contributed by atoms with van der Waals surface area (Å²) >= 11 is 0. The van der Waals surface area contributed by atoms with Crippen LogP contribution in [0.5, 0.6) is 0 Å². The van der Waals surface area contributed by atoms with E-state index < -0.39 is 18.4 Å². The van der Waals surface area contributed by atoms with Gasteiger partial charge >= 0.3 is 0 Å². The monoisotopic (exact) mass is 193 g/mol. The Kier molecular flexibility index (Phi) is 5.99. The fourth-order valence-electron chi connectivity index (χ4n) is 0.665. The van der Waals surface area contributed by atoms with Gasteiger partial charge < -0.3 is 16.8 Å². The van der Waals surface area contributed by atoms with Crippen LogP contribution in [0.3, 0.4) is 0 Å². The summed E-state index contributed by atoms with van der Waals surface area (Å²) in [6.45, 7) is -0.151. The third-order valence-electron chi connectivity index (χ3n) is 1.26. The number of hydrogen-bond acceptors (Lipinski definition) is 3. The summed E-state index contributed by atoms with van der Waals surface area (Å²) in [5, 5.41) is 2.04. The molecule has 0 aromatic carbocycles. The molecule has 0 heterocycles. The van der Waals surface area contributed by atoms with Gasteiger partial charge in [0.25, 0.3) is 6.43 Å². The molecule has 76 valence electrons. The Morgan fingerprint density at radius 3 is 2.46 bits per heavy atom. The standard InChI is InChI=1S/C7H13F2N3O/c8-7(9)5(2-1-3-10)12-6(13)4-11/h1-2,5,7H,3-4,10-11H2,(H,12,13)/b2-1+. The van der Waals surface area contributed by atoms with Crippen LogP contribution in [0.1, 0.15) is 0 Å². The average molecular weight is 193 g/mol. The van der Waals surface area contributed by atoms with Gasteiger partial charge in [0.2, 0.25) is 5.91 Å². The van der Waals surface area contributed by atoms with Crippen LogP contribution in [0.15, 0.2) is 12.2 Å². The number of carbonyl (C=O) groups excluding carboxylic acids is 1. The smallest absolute Gasteiger partial charge is 0.262 e. The fourth-order valence-corrected chi connectivity index (χ4v) is 0.665. The lowest BCUT2D eigenvalue weighted by Crippen LogP contribution is -2.41. The zero-order valence-electron chi connectivity index (χ0n) is 7.04. The lowest BCUT2D eigenvalue weighted by Gasteiger charge is -2.12. The second-order valence-electron chi connectivity index (χ2n) is 2.30. The molecule has 0 fully saturated rings. The Balaban J connectivity index is 4.09. The Labute approximate surface area is 75.0 Å². The summed E-state index contributed by atoms with van der Waals surface area (Å²) in [7, 11) is 0. The highest BCUT2D eigenvalue weighted by Gasteiger charge is 2.18. The molecule has 0 radical (unpaired) electrons. The molecule has 1 atom stereocenters. The first kappa shape index (κ1) is 12.0. The Hall–Kier alpha value is -1.01. The Morgan fingerprint density at radius 1 is 1.46 bits per heavy atom. The maximum absolute atomic E-state index is 12.2. The minimum absolute atomic E-state index is 0.154. The number of hydrogen-bond donors (Lipinski definition) is 3. The van der Waals surface area contributed by atoms with Crippen molar-refractivity contribution in [1.82, 2.24) is 5.32 Å². The summed E-state index contributed by atoms with van der Waals surface area (Å²) in [5.74, 6) is -0.619. The largest absolute Gasteiger partial charge is 0.343 e. The second-order valence-corrected chi connectivity index (χ2v) is 2.30. The molecule has 0 bridgehead atoms. The van der Waals surface area contributed by atoms with Gasteiger partial charge in [-0.25, -0.2) is 8.78 Å². The highest BCUT2D eigenvalue weighted by molar-refractivity contribution is 5.78. The molecule has 0 aliphatic rings. The van der Waals surface area contributed by atoms with Crippen molar-refractivity contribution >= 4 is 5.91 Å². The van der Waals surface area contributed by atoms with Crippen LogP contribution < -0.4 is 16.8 Å². The van der Waals surface area contributed by atoms with E-state index in [0.29, 0.717) is 0 Å². The Morgan fingerprint density at radius 2 is 2.08 bits per heavy atom. The summed E-state index contributed by atoms with van der Waals surface area (Å²) in [5.41, 5.74) is 10.0. The van der Waals surface area contributed by atoms with Crippen molar-refractivity contribution in [2.24, 2.45) is 11.5 Å². The van der Waals surface area contributed by atoms with E-state index in [1.807, 2.05) is 5.32 Å². The molecule has 0 aromatic heterocycles. The quantitative estimate of drug-likeness (QED) is 0.500. The van der Waals surface area contributed by atoms with E-state index in [9.17, 15) is 13.6 Å². The average Bonchev–Trinajstić information content (AvgIpc) is 2.11. The van der Waals surface area contributed by atoms with E-state index in [-0.39, 0.29) is 13.1 Å². The van der Waals surface area contributed by atoms with Gasteiger partial charge in [0.05, 0.1) is 6.54 Å². The first-order valence-electron chi connectivity index (χ1n) is 3.76. The van der Waals surface area contributed by atoms with E-state index in [4.69, 9.17) is 11.5 Å². The lowest BCUT2D eigenvalue weighted by atomic mass is 10.2.